The van der Waals surface area contributed by atoms with Gasteiger partial charge in [0.05, 0.1) is 13.2 Å². The molecule has 1 fully saturated rings. The Morgan fingerprint density at radius 1 is 1.10 bits per heavy atom. The van der Waals surface area contributed by atoms with Gasteiger partial charge in [-0.25, -0.2) is 4.39 Å². The molecule has 1 aliphatic rings. The lowest BCUT2D eigenvalue weighted by molar-refractivity contribution is 0.0322. The van der Waals surface area contributed by atoms with Crippen LogP contribution in [-0.2, 0) is 17.8 Å². The molecule has 1 heterocycles. The average Bonchev–Trinajstić information content (AvgIpc) is 2.77. The van der Waals surface area contributed by atoms with Gasteiger partial charge in [0.1, 0.15) is 18.2 Å². The van der Waals surface area contributed by atoms with Gasteiger partial charge in [-0.3, -0.25) is 9.89 Å². The molecule has 0 saturated carbocycles. The van der Waals surface area contributed by atoms with E-state index in [0.29, 0.717) is 31.2 Å². The molecule has 0 spiro atoms. The molecule has 2 N–H and O–H groups in total. The predicted molar refractivity (Wildman–Crippen MR) is 117 cm³/mol. The van der Waals surface area contributed by atoms with E-state index in [9.17, 15) is 4.39 Å². The number of rotatable bonds is 8. The zero-order valence-corrected chi connectivity index (χ0v) is 17.8. The Balaban J connectivity index is 1.43. The first kappa shape index (κ1) is 22.1. The van der Waals surface area contributed by atoms with E-state index in [-0.39, 0.29) is 5.82 Å². The van der Waals surface area contributed by atoms with Gasteiger partial charge in [-0.1, -0.05) is 24.3 Å². The highest BCUT2D eigenvalue weighted by Gasteiger charge is 2.10. The van der Waals surface area contributed by atoms with Crippen LogP contribution < -0.4 is 15.4 Å². The minimum atomic E-state index is -0.192. The second-order valence-electron chi connectivity index (χ2n) is 7.31. The smallest absolute Gasteiger partial charge is 0.191 e. The molecule has 30 heavy (non-hydrogen) atoms. The molecule has 0 atom stereocenters. The highest BCUT2D eigenvalue weighted by molar-refractivity contribution is 5.79. The number of halogens is 1. The minimum Gasteiger partial charge on any atom is -0.492 e. The van der Waals surface area contributed by atoms with Gasteiger partial charge in [-0.05, 0) is 41.8 Å². The fourth-order valence-electron chi connectivity index (χ4n) is 3.20. The first-order chi connectivity index (χ1) is 14.6. The molecule has 0 radical (unpaired) electrons. The van der Waals surface area contributed by atoms with E-state index in [4.69, 9.17) is 9.47 Å². The first-order valence-corrected chi connectivity index (χ1v) is 10.4. The molecule has 6 nitrogen and oxygen atoms in total. The SMILES string of the molecule is CN=C(NCc1cccc(OCCN2CCOCC2)c1)NCc1ccc(C)c(F)c1. The van der Waals surface area contributed by atoms with Crippen LogP contribution in [0.15, 0.2) is 47.5 Å². The van der Waals surface area contributed by atoms with Crippen molar-refractivity contribution >= 4 is 5.96 Å². The van der Waals surface area contributed by atoms with Crippen molar-refractivity contribution in [2.45, 2.75) is 20.0 Å². The summed E-state index contributed by atoms with van der Waals surface area (Å²) in [5.74, 6) is 1.33. The maximum atomic E-state index is 13.7. The fraction of sp³-hybridized carbons (Fsp3) is 0.435. The van der Waals surface area contributed by atoms with Crippen LogP contribution in [0, 0.1) is 12.7 Å². The van der Waals surface area contributed by atoms with Gasteiger partial charge in [-0.15, -0.1) is 0 Å². The van der Waals surface area contributed by atoms with E-state index < -0.39 is 0 Å². The zero-order valence-electron chi connectivity index (χ0n) is 17.8. The highest BCUT2D eigenvalue weighted by Crippen LogP contribution is 2.13. The summed E-state index contributed by atoms with van der Waals surface area (Å²) in [5, 5.41) is 6.50. The van der Waals surface area contributed by atoms with Gasteiger partial charge < -0.3 is 20.1 Å². The number of hydrogen-bond acceptors (Lipinski definition) is 4. The normalized spacial score (nSPS) is 15.1. The Kier molecular flexibility index (Phi) is 8.47. The van der Waals surface area contributed by atoms with Crippen molar-refractivity contribution in [2.24, 2.45) is 4.99 Å². The number of nitrogens with zero attached hydrogens (tertiary/aromatic N) is 2. The molecule has 1 aliphatic heterocycles. The summed E-state index contributed by atoms with van der Waals surface area (Å²) in [6.45, 7) is 7.97. The highest BCUT2D eigenvalue weighted by atomic mass is 19.1. The van der Waals surface area contributed by atoms with Crippen molar-refractivity contribution in [2.75, 3.05) is 46.5 Å². The third kappa shape index (κ3) is 7.00. The van der Waals surface area contributed by atoms with E-state index in [1.807, 2.05) is 30.3 Å². The van der Waals surface area contributed by atoms with Crippen LogP contribution in [0.4, 0.5) is 4.39 Å². The first-order valence-electron chi connectivity index (χ1n) is 10.4. The topological polar surface area (TPSA) is 58.1 Å². The summed E-state index contributed by atoms with van der Waals surface area (Å²) < 4.78 is 25.0. The van der Waals surface area contributed by atoms with Gasteiger partial charge in [0.15, 0.2) is 5.96 Å². The average molecular weight is 415 g/mol. The van der Waals surface area contributed by atoms with Gasteiger partial charge in [0.2, 0.25) is 0 Å². The van der Waals surface area contributed by atoms with E-state index >= 15 is 0 Å². The monoisotopic (exact) mass is 414 g/mol. The lowest BCUT2D eigenvalue weighted by Gasteiger charge is -2.26. The van der Waals surface area contributed by atoms with Crippen LogP contribution >= 0.6 is 0 Å². The minimum absolute atomic E-state index is 0.192. The molecule has 0 bridgehead atoms. The molecule has 2 aromatic carbocycles. The number of aliphatic imine (C=N–C) groups is 1. The molecule has 0 aromatic heterocycles. The Morgan fingerprint density at radius 3 is 2.53 bits per heavy atom. The molecule has 3 rings (SSSR count). The predicted octanol–water partition coefficient (Wildman–Crippen LogP) is 2.71. The molecule has 0 aliphatic carbocycles. The van der Waals surface area contributed by atoms with Gasteiger partial charge in [0, 0.05) is 39.8 Å². The summed E-state index contributed by atoms with van der Waals surface area (Å²) >= 11 is 0. The quantitative estimate of drug-likeness (QED) is 0.514. The van der Waals surface area contributed by atoms with Gasteiger partial charge in [0.25, 0.3) is 0 Å². The molecule has 2 aromatic rings. The molecular formula is C23H31FN4O2. The van der Waals surface area contributed by atoms with E-state index in [2.05, 4.69) is 20.5 Å². The second kappa shape index (κ2) is 11.5. The summed E-state index contributed by atoms with van der Waals surface area (Å²) in [6, 6.07) is 13.3. The summed E-state index contributed by atoms with van der Waals surface area (Å²) in [7, 11) is 1.72. The Labute approximate surface area is 178 Å². The summed E-state index contributed by atoms with van der Waals surface area (Å²) in [5.41, 5.74) is 2.62. The van der Waals surface area contributed by atoms with Gasteiger partial charge in [-0.2, -0.15) is 0 Å². The molecule has 162 valence electrons. The Morgan fingerprint density at radius 2 is 1.83 bits per heavy atom. The van der Waals surface area contributed by atoms with Crippen LogP contribution in [0.5, 0.6) is 5.75 Å². The van der Waals surface area contributed by atoms with E-state index in [0.717, 1.165) is 49.7 Å². The van der Waals surface area contributed by atoms with Crippen LogP contribution in [0.1, 0.15) is 16.7 Å². The largest absolute Gasteiger partial charge is 0.492 e. The third-order valence-electron chi connectivity index (χ3n) is 5.06. The molecule has 0 unspecified atom stereocenters. The number of guanidine groups is 1. The van der Waals surface area contributed by atoms with Crippen molar-refractivity contribution in [1.29, 1.82) is 0 Å². The maximum absolute atomic E-state index is 13.7. The van der Waals surface area contributed by atoms with Crippen LogP contribution in [0.3, 0.4) is 0 Å². The summed E-state index contributed by atoms with van der Waals surface area (Å²) in [4.78, 5) is 6.59. The number of benzene rings is 2. The maximum Gasteiger partial charge on any atom is 0.191 e. The van der Waals surface area contributed by atoms with Crippen LogP contribution in [-0.4, -0.2) is 57.4 Å². The number of aryl methyl sites for hydroxylation is 1. The molecule has 1 saturated heterocycles. The molecular weight excluding hydrogens is 383 g/mol. The summed E-state index contributed by atoms with van der Waals surface area (Å²) in [6.07, 6.45) is 0. The van der Waals surface area contributed by atoms with Crippen molar-refractivity contribution < 1.29 is 13.9 Å². The standard InChI is InChI=1S/C23H31FN4O2/c1-18-6-7-20(15-22(18)24)17-27-23(25-2)26-16-19-4-3-5-21(14-19)30-13-10-28-8-11-29-12-9-28/h3-7,14-15H,8-13,16-17H2,1-2H3,(H2,25,26,27). The second-order valence-corrected chi connectivity index (χ2v) is 7.31. The Hall–Kier alpha value is -2.64. The van der Waals surface area contributed by atoms with Crippen LogP contribution in [0.2, 0.25) is 0 Å². The van der Waals surface area contributed by atoms with E-state index in [1.54, 1.807) is 26.1 Å². The number of ether oxygens (including phenoxy) is 2. The van der Waals surface area contributed by atoms with Crippen molar-refractivity contribution in [3.63, 3.8) is 0 Å². The zero-order chi connectivity index (χ0) is 21.2. The number of morpholine rings is 1. The van der Waals surface area contributed by atoms with Crippen molar-refractivity contribution in [3.05, 3.63) is 65.0 Å². The fourth-order valence-corrected chi connectivity index (χ4v) is 3.20. The van der Waals surface area contributed by atoms with Crippen molar-refractivity contribution in [3.8, 4) is 5.75 Å². The lowest BCUT2D eigenvalue weighted by Crippen LogP contribution is -2.38. The lowest BCUT2D eigenvalue weighted by atomic mass is 10.1. The molecule has 0 amide bonds. The third-order valence-corrected chi connectivity index (χ3v) is 5.06. The molecule has 7 heteroatoms. The number of nitrogens with one attached hydrogen (secondary N) is 2. The van der Waals surface area contributed by atoms with E-state index in [1.165, 1.54) is 0 Å². The van der Waals surface area contributed by atoms with Gasteiger partial charge >= 0.3 is 0 Å². The number of hydrogen-bond donors (Lipinski definition) is 2. The van der Waals surface area contributed by atoms with Crippen LogP contribution in [0.25, 0.3) is 0 Å². The van der Waals surface area contributed by atoms with Crippen molar-refractivity contribution in [1.82, 2.24) is 15.5 Å². The Bertz CT molecular complexity index is 838.